The van der Waals surface area contributed by atoms with Gasteiger partial charge in [-0.05, 0) is 30.5 Å². The van der Waals surface area contributed by atoms with Crippen molar-refractivity contribution in [3.8, 4) is 5.75 Å². The summed E-state index contributed by atoms with van der Waals surface area (Å²) in [5.74, 6) is 0.812. The van der Waals surface area contributed by atoms with E-state index >= 15 is 0 Å². The first-order valence-corrected chi connectivity index (χ1v) is 6.67. The van der Waals surface area contributed by atoms with E-state index in [1.165, 1.54) is 0 Å². The van der Waals surface area contributed by atoms with Gasteiger partial charge in [-0.25, -0.2) is 4.79 Å². The monoisotopic (exact) mass is 272 g/mol. The smallest absolute Gasteiger partial charge is 0.319 e. The molecule has 3 rings (SSSR count). The van der Waals surface area contributed by atoms with Crippen LogP contribution in [0.5, 0.6) is 5.75 Å². The molecule has 1 heterocycles. The van der Waals surface area contributed by atoms with Crippen molar-refractivity contribution in [2.24, 2.45) is 0 Å². The second kappa shape index (κ2) is 5.00. The molecular formula is C15H16N2O3. The van der Waals surface area contributed by atoms with Crippen molar-refractivity contribution in [3.05, 3.63) is 41.1 Å². The van der Waals surface area contributed by atoms with Crippen LogP contribution in [0.3, 0.4) is 0 Å². The quantitative estimate of drug-likeness (QED) is 0.866. The zero-order valence-corrected chi connectivity index (χ0v) is 11.2. The number of allylic oxidation sites excluding steroid dienone is 1. The van der Waals surface area contributed by atoms with E-state index in [4.69, 9.17) is 4.74 Å². The summed E-state index contributed by atoms with van der Waals surface area (Å²) >= 11 is 0. The van der Waals surface area contributed by atoms with Crippen LogP contribution < -0.4 is 15.4 Å². The lowest BCUT2D eigenvalue weighted by Crippen LogP contribution is -2.46. The molecule has 0 radical (unpaired) electrons. The average molecular weight is 272 g/mol. The number of ketones is 1. The van der Waals surface area contributed by atoms with Crippen molar-refractivity contribution in [3.63, 3.8) is 0 Å². The minimum Gasteiger partial charge on any atom is -0.497 e. The maximum absolute atomic E-state index is 12.2. The molecule has 1 atom stereocenters. The van der Waals surface area contributed by atoms with Gasteiger partial charge in [0.25, 0.3) is 0 Å². The van der Waals surface area contributed by atoms with E-state index in [1.807, 2.05) is 24.3 Å². The predicted octanol–water partition coefficient (Wildman–Crippen LogP) is 2.06. The molecule has 2 amide bonds. The first kappa shape index (κ1) is 12.7. The predicted molar refractivity (Wildman–Crippen MR) is 73.3 cm³/mol. The Morgan fingerprint density at radius 3 is 2.90 bits per heavy atom. The fourth-order valence-electron chi connectivity index (χ4n) is 2.78. The Morgan fingerprint density at radius 2 is 2.10 bits per heavy atom. The Kier molecular flexibility index (Phi) is 3.18. The standard InChI is InChI=1S/C15H16N2O3/c1-20-10-5-2-4-9(8-10)14-13-11(16-15(19)17-14)6-3-7-12(13)18/h2,4-5,8,14H,3,6-7H2,1H3,(H2,16,17,19). The molecule has 2 aliphatic rings. The highest BCUT2D eigenvalue weighted by atomic mass is 16.5. The third kappa shape index (κ3) is 2.15. The lowest BCUT2D eigenvalue weighted by molar-refractivity contribution is -0.116. The first-order chi connectivity index (χ1) is 9.69. The van der Waals surface area contributed by atoms with Gasteiger partial charge in [0.1, 0.15) is 5.75 Å². The van der Waals surface area contributed by atoms with Crippen LogP contribution in [0.4, 0.5) is 4.79 Å². The topological polar surface area (TPSA) is 67.4 Å². The van der Waals surface area contributed by atoms with E-state index in [1.54, 1.807) is 7.11 Å². The summed E-state index contributed by atoms with van der Waals surface area (Å²) in [6, 6.07) is 6.79. The Bertz CT molecular complexity index is 607. The minimum atomic E-state index is -0.387. The Morgan fingerprint density at radius 1 is 1.25 bits per heavy atom. The van der Waals surface area contributed by atoms with Gasteiger partial charge in [-0.15, -0.1) is 0 Å². The van der Waals surface area contributed by atoms with Crippen molar-refractivity contribution in [2.45, 2.75) is 25.3 Å². The molecule has 1 aliphatic carbocycles. The number of carbonyl (C=O) groups excluding carboxylic acids is 2. The highest BCUT2D eigenvalue weighted by Crippen LogP contribution is 2.34. The van der Waals surface area contributed by atoms with Crippen LogP contribution in [0.2, 0.25) is 0 Å². The number of amides is 2. The van der Waals surface area contributed by atoms with Crippen LogP contribution in [0.15, 0.2) is 35.5 Å². The molecule has 5 heteroatoms. The summed E-state index contributed by atoms with van der Waals surface area (Å²) in [7, 11) is 1.59. The molecule has 2 N–H and O–H groups in total. The van der Waals surface area contributed by atoms with Gasteiger partial charge in [0.2, 0.25) is 0 Å². The van der Waals surface area contributed by atoms with Crippen molar-refractivity contribution in [1.29, 1.82) is 0 Å². The van der Waals surface area contributed by atoms with Gasteiger partial charge in [0, 0.05) is 17.7 Å². The van der Waals surface area contributed by atoms with E-state index in [-0.39, 0.29) is 17.9 Å². The lowest BCUT2D eigenvalue weighted by atomic mass is 9.85. The number of benzene rings is 1. The number of urea groups is 1. The van der Waals surface area contributed by atoms with E-state index in [9.17, 15) is 9.59 Å². The first-order valence-electron chi connectivity index (χ1n) is 6.67. The summed E-state index contributed by atoms with van der Waals surface area (Å²) in [5.41, 5.74) is 2.31. The van der Waals surface area contributed by atoms with Gasteiger partial charge >= 0.3 is 6.03 Å². The SMILES string of the molecule is COc1cccc(C2NC(=O)NC3=C2C(=O)CCC3)c1. The molecule has 1 unspecified atom stereocenters. The van der Waals surface area contributed by atoms with Crippen LogP contribution in [-0.2, 0) is 4.79 Å². The average Bonchev–Trinajstić information content (AvgIpc) is 2.46. The molecule has 1 aromatic rings. The van der Waals surface area contributed by atoms with Crippen LogP contribution >= 0.6 is 0 Å². The Balaban J connectivity index is 2.05. The number of ether oxygens (including phenoxy) is 1. The lowest BCUT2D eigenvalue weighted by Gasteiger charge is -2.32. The van der Waals surface area contributed by atoms with Gasteiger partial charge in [-0.3, -0.25) is 4.79 Å². The van der Waals surface area contributed by atoms with Crippen molar-refractivity contribution in [2.75, 3.05) is 7.11 Å². The number of hydrogen-bond donors (Lipinski definition) is 2. The fourth-order valence-corrected chi connectivity index (χ4v) is 2.78. The summed E-state index contributed by atoms with van der Waals surface area (Å²) in [4.78, 5) is 24.0. The highest BCUT2D eigenvalue weighted by Gasteiger charge is 2.34. The van der Waals surface area contributed by atoms with E-state index in [0.29, 0.717) is 17.7 Å². The molecule has 0 aromatic heterocycles. The third-order valence-corrected chi connectivity index (χ3v) is 3.71. The molecule has 5 nitrogen and oxygen atoms in total. The van der Waals surface area contributed by atoms with E-state index < -0.39 is 0 Å². The normalized spacial score (nSPS) is 21.9. The second-order valence-electron chi connectivity index (χ2n) is 4.98. The van der Waals surface area contributed by atoms with Gasteiger partial charge in [0.05, 0.1) is 13.2 Å². The van der Waals surface area contributed by atoms with Gasteiger partial charge in [-0.1, -0.05) is 12.1 Å². The van der Waals surface area contributed by atoms with Crippen molar-refractivity contribution >= 4 is 11.8 Å². The van der Waals surface area contributed by atoms with E-state index in [2.05, 4.69) is 10.6 Å². The number of methoxy groups -OCH3 is 1. The van der Waals surface area contributed by atoms with E-state index in [0.717, 1.165) is 24.1 Å². The zero-order valence-electron chi connectivity index (χ0n) is 11.2. The number of carbonyl (C=O) groups is 2. The fraction of sp³-hybridized carbons (Fsp3) is 0.333. The molecule has 20 heavy (non-hydrogen) atoms. The largest absolute Gasteiger partial charge is 0.497 e. The molecule has 0 spiro atoms. The molecule has 0 saturated carbocycles. The summed E-state index contributed by atoms with van der Waals surface area (Å²) in [6.07, 6.45) is 2.08. The molecule has 1 aromatic carbocycles. The molecular weight excluding hydrogens is 256 g/mol. The van der Waals surface area contributed by atoms with Crippen molar-refractivity contribution < 1.29 is 14.3 Å². The summed E-state index contributed by atoms with van der Waals surface area (Å²) in [5, 5.41) is 5.58. The maximum atomic E-state index is 12.2. The number of Topliss-reactive ketones (excluding diaryl/α,β-unsaturated/α-hetero) is 1. The number of rotatable bonds is 2. The van der Waals surface area contributed by atoms with Crippen LogP contribution in [-0.4, -0.2) is 18.9 Å². The van der Waals surface area contributed by atoms with Crippen molar-refractivity contribution in [1.82, 2.24) is 10.6 Å². The van der Waals surface area contributed by atoms with Crippen LogP contribution in [0, 0.1) is 0 Å². The van der Waals surface area contributed by atoms with Gasteiger partial charge in [0.15, 0.2) is 5.78 Å². The Labute approximate surface area is 117 Å². The Hall–Kier alpha value is -2.30. The molecule has 104 valence electrons. The molecule has 0 fully saturated rings. The minimum absolute atomic E-state index is 0.103. The number of hydrogen-bond acceptors (Lipinski definition) is 3. The summed E-state index contributed by atoms with van der Waals surface area (Å²) in [6.45, 7) is 0. The molecule has 1 aliphatic heterocycles. The van der Waals surface area contributed by atoms with Gasteiger partial charge in [-0.2, -0.15) is 0 Å². The molecule has 0 saturated heterocycles. The maximum Gasteiger partial charge on any atom is 0.319 e. The zero-order chi connectivity index (χ0) is 14.1. The van der Waals surface area contributed by atoms with Gasteiger partial charge < -0.3 is 15.4 Å². The number of nitrogens with one attached hydrogen (secondary N) is 2. The molecule has 0 bridgehead atoms. The van der Waals surface area contributed by atoms with Crippen LogP contribution in [0.25, 0.3) is 0 Å². The van der Waals surface area contributed by atoms with Crippen LogP contribution in [0.1, 0.15) is 30.9 Å². The third-order valence-electron chi connectivity index (χ3n) is 3.71. The second-order valence-corrected chi connectivity index (χ2v) is 4.98. The summed E-state index contributed by atoms with van der Waals surface area (Å²) < 4.78 is 5.21. The highest BCUT2D eigenvalue weighted by molar-refractivity contribution is 6.00.